The smallest absolute Gasteiger partial charge is 0.237 e. The summed E-state index contributed by atoms with van der Waals surface area (Å²) < 4.78 is 0. The molecule has 2 rings (SSSR count). The SMILES string of the molecule is Cc1ccc(NC(=O)CSC(C)C(=O)Nc2ccc(CC#N)cc2)cc1. The first kappa shape index (κ1) is 19.5. The zero-order valence-electron chi connectivity index (χ0n) is 14.8. The zero-order valence-corrected chi connectivity index (χ0v) is 15.6. The van der Waals surface area contributed by atoms with E-state index >= 15 is 0 Å². The maximum atomic E-state index is 12.2. The number of nitrogens with zero attached hydrogens (tertiary/aromatic N) is 1. The highest BCUT2D eigenvalue weighted by molar-refractivity contribution is 8.01. The number of carbonyl (C=O) groups is 2. The van der Waals surface area contributed by atoms with Gasteiger partial charge in [-0.05, 0) is 43.7 Å². The molecule has 2 aromatic carbocycles. The summed E-state index contributed by atoms with van der Waals surface area (Å²) in [4.78, 5) is 24.2. The zero-order chi connectivity index (χ0) is 18.9. The van der Waals surface area contributed by atoms with Crippen molar-refractivity contribution in [1.82, 2.24) is 0 Å². The van der Waals surface area contributed by atoms with Crippen LogP contribution >= 0.6 is 11.8 Å². The predicted octanol–water partition coefficient (Wildman–Crippen LogP) is 3.76. The van der Waals surface area contributed by atoms with Gasteiger partial charge in [-0.25, -0.2) is 0 Å². The van der Waals surface area contributed by atoms with Crippen LogP contribution in [0.2, 0.25) is 0 Å². The number of nitriles is 1. The second kappa shape index (κ2) is 9.64. The Morgan fingerprint density at radius 2 is 1.62 bits per heavy atom. The lowest BCUT2D eigenvalue weighted by Gasteiger charge is -2.12. The minimum atomic E-state index is -0.363. The summed E-state index contributed by atoms with van der Waals surface area (Å²) in [5.41, 5.74) is 3.45. The third-order valence-electron chi connectivity index (χ3n) is 3.67. The molecule has 0 fully saturated rings. The molecule has 0 aromatic heterocycles. The average Bonchev–Trinajstić information content (AvgIpc) is 2.63. The highest BCUT2D eigenvalue weighted by Crippen LogP contribution is 2.16. The monoisotopic (exact) mass is 367 g/mol. The van der Waals surface area contributed by atoms with Gasteiger partial charge in [0.25, 0.3) is 0 Å². The van der Waals surface area contributed by atoms with Crippen molar-refractivity contribution in [2.24, 2.45) is 0 Å². The lowest BCUT2D eigenvalue weighted by atomic mass is 10.1. The molecule has 0 radical (unpaired) electrons. The number of amides is 2. The largest absolute Gasteiger partial charge is 0.325 e. The van der Waals surface area contributed by atoms with Gasteiger partial charge in [0, 0.05) is 11.4 Å². The summed E-state index contributed by atoms with van der Waals surface area (Å²) in [7, 11) is 0. The topological polar surface area (TPSA) is 82.0 Å². The van der Waals surface area contributed by atoms with Crippen molar-refractivity contribution in [3.05, 3.63) is 59.7 Å². The van der Waals surface area contributed by atoms with Gasteiger partial charge in [-0.1, -0.05) is 29.8 Å². The van der Waals surface area contributed by atoms with Crippen molar-refractivity contribution in [1.29, 1.82) is 5.26 Å². The Labute approximate surface area is 157 Å². The van der Waals surface area contributed by atoms with Gasteiger partial charge in [0.2, 0.25) is 11.8 Å². The standard InChI is InChI=1S/C20H21N3O2S/c1-14-3-7-17(8-4-14)22-19(24)13-26-15(2)20(25)23-18-9-5-16(6-10-18)11-12-21/h3-10,15H,11,13H2,1-2H3,(H,22,24)(H,23,25). The molecule has 2 aromatic rings. The van der Waals surface area contributed by atoms with Crippen LogP contribution in [0.15, 0.2) is 48.5 Å². The third kappa shape index (κ3) is 6.26. The molecule has 2 amide bonds. The van der Waals surface area contributed by atoms with Crippen molar-refractivity contribution >= 4 is 35.0 Å². The van der Waals surface area contributed by atoms with Crippen LogP contribution in [0.25, 0.3) is 0 Å². The van der Waals surface area contributed by atoms with Gasteiger partial charge >= 0.3 is 0 Å². The Balaban J connectivity index is 1.78. The minimum absolute atomic E-state index is 0.139. The Bertz CT molecular complexity index is 795. The van der Waals surface area contributed by atoms with Gasteiger partial charge in [0.15, 0.2) is 0 Å². The Morgan fingerprint density at radius 3 is 2.23 bits per heavy atom. The van der Waals surface area contributed by atoms with Gasteiger partial charge in [-0.15, -0.1) is 11.8 Å². The van der Waals surface area contributed by atoms with Crippen LogP contribution < -0.4 is 10.6 Å². The average molecular weight is 367 g/mol. The molecule has 0 bridgehead atoms. The normalized spacial score (nSPS) is 11.3. The Morgan fingerprint density at radius 1 is 1.04 bits per heavy atom. The number of rotatable bonds is 7. The fourth-order valence-corrected chi connectivity index (χ4v) is 2.84. The number of aryl methyl sites for hydroxylation is 1. The molecule has 0 aliphatic rings. The summed E-state index contributed by atoms with van der Waals surface area (Å²) in [6.45, 7) is 3.75. The quantitative estimate of drug-likeness (QED) is 0.781. The summed E-state index contributed by atoms with van der Waals surface area (Å²) in [6.07, 6.45) is 0.344. The first-order valence-electron chi connectivity index (χ1n) is 8.23. The summed E-state index contributed by atoms with van der Waals surface area (Å²) in [5.74, 6) is -0.102. The molecular formula is C20H21N3O2S. The number of carbonyl (C=O) groups excluding carboxylic acids is 2. The molecule has 26 heavy (non-hydrogen) atoms. The second-order valence-electron chi connectivity index (χ2n) is 5.89. The summed E-state index contributed by atoms with van der Waals surface area (Å²) in [6, 6.07) is 16.8. The number of hydrogen-bond acceptors (Lipinski definition) is 4. The van der Waals surface area contributed by atoms with E-state index in [0.717, 1.165) is 16.8 Å². The van der Waals surface area contributed by atoms with E-state index in [9.17, 15) is 9.59 Å². The number of anilines is 2. The molecule has 1 unspecified atom stereocenters. The molecular weight excluding hydrogens is 346 g/mol. The summed E-state index contributed by atoms with van der Waals surface area (Å²) >= 11 is 1.28. The second-order valence-corrected chi connectivity index (χ2v) is 7.22. The number of nitrogens with one attached hydrogen (secondary N) is 2. The maximum Gasteiger partial charge on any atom is 0.237 e. The van der Waals surface area contributed by atoms with E-state index in [1.165, 1.54) is 11.8 Å². The van der Waals surface area contributed by atoms with Crippen molar-refractivity contribution in [3.8, 4) is 6.07 Å². The number of hydrogen-bond donors (Lipinski definition) is 2. The predicted molar refractivity (Wildman–Crippen MR) is 106 cm³/mol. The lowest BCUT2D eigenvalue weighted by molar-refractivity contribution is -0.115. The summed E-state index contributed by atoms with van der Waals surface area (Å²) in [5, 5.41) is 13.9. The molecule has 0 saturated heterocycles. The molecule has 0 spiro atoms. The van der Waals surface area contributed by atoms with Gasteiger partial charge in [0.1, 0.15) is 0 Å². The van der Waals surface area contributed by atoms with E-state index in [4.69, 9.17) is 5.26 Å². The number of benzene rings is 2. The van der Waals surface area contributed by atoms with Crippen LogP contribution in [0.4, 0.5) is 11.4 Å². The molecule has 6 heteroatoms. The Hall–Kier alpha value is -2.78. The Kier molecular flexibility index (Phi) is 7.24. The maximum absolute atomic E-state index is 12.2. The van der Waals surface area contributed by atoms with Crippen LogP contribution in [0.3, 0.4) is 0 Å². The van der Waals surface area contributed by atoms with E-state index in [-0.39, 0.29) is 22.8 Å². The molecule has 1 atom stereocenters. The third-order valence-corrected chi connectivity index (χ3v) is 4.82. The fraction of sp³-hybridized carbons (Fsp3) is 0.250. The first-order valence-corrected chi connectivity index (χ1v) is 9.27. The van der Waals surface area contributed by atoms with Crippen LogP contribution in [0, 0.1) is 18.3 Å². The first-order chi connectivity index (χ1) is 12.5. The molecule has 134 valence electrons. The van der Waals surface area contributed by atoms with E-state index < -0.39 is 0 Å². The van der Waals surface area contributed by atoms with Gasteiger partial charge in [-0.2, -0.15) is 5.26 Å². The van der Waals surface area contributed by atoms with Crippen molar-refractivity contribution in [3.63, 3.8) is 0 Å². The van der Waals surface area contributed by atoms with Gasteiger partial charge in [-0.3, -0.25) is 9.59 Å². The number of thioether (sulfide) groups is 1. The highest BCUT2D eigenvalue weighted by Gasteiger charge is 2.15. The minimum Gasteiger partial charge on any atom is -0.325 e. The van der Waals surface area contributed by atoms with E-state index in [2.05, 4.69) is 16.7 Å². The lowest BCUT2D eigenvalue weighted by Crippen LogP contribution is -2.25. The van der Waals surface area contributed by atoms with Crippen LogP contribution in [-0.4, -0.2) is 22.8 Å². The molecule has 2 N–H and O–H groups in total. The van der Waals surface area contributed by atoms with Crippen LogP contribution in [-0.2, 0) is 16.0 Å². The van der Waals surface area contributed by atoms with E-state index in [1.807, 2.05) is 43.3 Å². The van der Waals surface area contributed by atoms with E-state index in [0.29, 0.717) is 12.1 Å². The fourth-order valence-electron chi connectivity index (χ4n) is 2.15. The molecule has 0 aliphatic carbocycles. The van der Waals surface area contributed by atoms with Crippen molar-refractivity contribution in [2.45, 2.75) is 25.5 Å². The van der Waals surface area contributed by atoms with Crippen LogP contribution in [0.1, 0.15) is 18.1 Å². The molecule has 0 heterocycles. The molecule has 0 aliphatic heterocycles. The highest BCUT2D eigenvalue weighted by atomic mass is 32.2. The van der Waals surface area contributed by atoms with Crippen LogP contribution in [0.5, 0.6) is 0 Å². The van der Waals surface area contributed by atoms with Crippen molar-refractivity contribution < 1.29 is 9.59 Å². The van der Waals surface area contributed by atoms with Gasteiger partial charge < -0.3 is 10.6 Å². The van der Waals surface area contributed by atoms with Gasteiger partial charge in [0.05, 0.1) is 23.5 Å². The molecule has 0 saturated carbocycles. The molecule has 5 nitrogen and oxygen atoms in total. The van der Waals surface area contributed by atoms with E-state index in [1.54, 1.807) is 19.1 Å². The van der Waals surface area contributed by atoms with Crippen molar-refractivity contribution in [2.75, 3.05) is 16.4 Å².